The fourth-order valence-corrected chi connectivity index (χ4v) is 2.00. The van der Waals surface area contributed by atoms with Crippen LogP contribution < -0.4 is 10.2 Å². The predicted octanol–water partition coefficient (Wildman–Crippen LogP) is 2.11. The summed E-state index contributed by atoms with van der Waals surface area (Å²) in [6, 6.07) is 15.6. The first-order valence-corrected chi connectivity index (χ1v) is 5.85. The van der Waals surface area contributed by atoms with Crippen LogP contribution in [0.15, 0.2) is 59.5 Å². The largest absolute Gasteiger partial charge is 0.306 e. The van der Waals surface area contributed by atoms with Gasteiger partial charge in [-0.15, -0.1) is 5.10 Å². The van der Waals surface area contributed by atoms with Gasteiger partial charge in [0, 0.05) is 12.1 Å². The number of aryl methyl sites for hydroxylation is 1. The standard InChI is InChI=1S/C15H12N2O/c1-11-6-8-13(9-7-11)17-10-12-4-2-3-5-14(12)15(18)16-17/h2-10H,1H3/p+1. The van der Waals surface area contributed by atoms with E-state index in [0.717, 1.165) is 11.1 Å². The highest BCUT2D eigenvalue weighted by atomic mass is 16.1. The van der Waals surface area contributed by atoms with Crippen LogP contribution in [-0.2, 0) is 0 Å². The monoisotopic (exact) mass is 237 g/mol. The van der Waals surface area contributed by atoms with Crippen molar-refractivity contribution in [2.75, 3.05) is 0 Å². The van der Waals surface area contributed by atoms with Gasteiger partial charge in [-0.3, -0.25) is 4.79 Å². The van der Waals surface area contributed by atoms with E-state index in [4.69, 9.17) is 0 Å². The Bertz CT molecular complexity index is 757. The molecule has 2 aromatic carbocycles. The van der Waals surface area contributed by atoms with Crippen molar-refractivity contribution < 1.29 is 4.68 Å². The molecule has 0 spiro atoms. The van der Waals surface area contributed by atoms with E-state index in [2.05, 4.69) is 5.10 Å². The lowest BCUT2D eigenvalue weighted by Crippen LogP contribution is -2.40. The topological polar surface area (TPSA) is 36.7 Å². The molecular formula is C15H13N2O+. The van der Waals surface area contributed by atoms with Crippen molar-refractivity contribution in [2.24, 2.45) is 0 Å². The molecular weight excluding hydrogens is 224 g/mol. The summed E-state index contributed by atoms with van der Waals surface area (Å²) in [4.78, 5) is 12.0. The Morgan fingerprint density at radius 3 is 2.50 bits per heavy atom. The molecule has 3 nitrogen and oxygen atoms in total. The molecule has 0 radical (unpaired) electrons. The average Bonchev–Trinajstić information content (AvgIpc) is 2.39. The van der Waals surface area contributed by atoms with Gasteiger partial charge in [0.15, 0.2) is 0 Å². The highest BCUT2D eigenvalue weighted by Crippen LogP contribution is 2.07. The lowest BCUT2D eigenvalue weighted by molar-refractivity contribution is -0.659. The molecule has 0 atom stereocenters. The summed E-state index contributed by atoms with van der Waals surface area (Å²) in [5.41, 5.74) is 2.07. The summed E-state index contributed by atoms with van der Waals surface area (Å²) in [5.74, 6) is 0. The van der Waals surface area contributed by atoms with Crippen LogP contribution in [0.5, 0.6) is 0 Å². The van der Waals surface area contributed by atoms with Gasteiger partial charge in [-0.05, 0) is 19.1 Å². The first kappa shape index (κ1) is 10.7. The van der Waals surface area contributed by atoms with Crippen molar-refractivity contribution in [2.45, 2.75) is 6.92 Å². The maximum absolute atomic E-state index is 12.0. The number of aromatic amines is 1. The van der Waals surface area contributed by atoms with Crippen molar-refractivity contribution in [1.82, 2.24) is 5.10 Å². The predicted molar refractivity (Wildman–Crippen MR) is 70.8 cm³/mol. The fraction of sp³-hybridized carbons (Fsp3) is 0.0667. The second-order valence-corrected chi connectivity index (χ2v) is 4.36. The number of hydrogen-bond acceptors (Lipinski definition) is 1. The Balaban J connectivity index is 2.24. The SMILES string of the molecule is Cc1ccc(-[n+]2cc3ccccc3c(=O)[nH]2)cc1. The molecule has 0 saturated carbocycles. The molecule has 88 valence electrons. The Hall–Kier alpha value is -2.42. The molecule has 1 heterocycles. The molecule has 1 N–H and O–H groups in total. The van der Waals surface area contributed by atoms with Gasteiger partial charge in [-0.2, -0.15) is 0 Å². The zero-order valence-corrected chi connectivity index (χ0v) is 10.1. The third-order valence-corrected chi connectivity index (χ3v) is 3.01. The molecule has 0 aliphatic heterocycles. The van der Waals surface area contributed by atoms with E-state index in [1.807, 2.05) is 61.7 Å². The lowest BCUT2D eigenvalue weighted by Gasteiger charge is -1.98. The first-order chi connectivity index (χ1) is 8.74. The minimum atomic E-state index is -0.0753. The molecule has 0 saturated heterocycles. The molecule has 18 heavy (non-hydrogen) atoms. The van der Waals surface area contributed by atoms with Crippen molar-refractivity contribution in [1.29, 1.82) is 0 Å². The summed E-state index contributed by atoms with van der Waals surface area (Å²) in [6.07, 6.45) is 1.93. The number of aromatic nitrogens is 2. The van der Waals surface area contributed by atoms with E-state index in [-0.39, 0.29) is 5.56 Å². The Labute approximate surface area is 104 Å². The number of fused-ring (bicyclic) bond motifs is 1. The van der Waals surface area contributed by atoms with Crippen LogP contribution in [0.3, 0.4) is 0 Å². The minimum absolute atomic E-state index is 0.0753. The molecule has 3 rings (SSSR count). The smallest absolute Gasteiger partial charge is 0.264 e. The van der Waals surface area contributed by atoms with Gasteiger partial charge in [0.05, 0.1) is 10.8 Å². The molecule has 3 aromatic rings. The molecule has 0 unspecified atom stereocenters. The van der Waals surface area contributed by atoms with Gasteiger partial charge in [-0.25, -0.2) is 0 Å². The number of hydrogen-bond donors (Lipinski definition) is 1. The maximum Gasteiger partial charge on any atom is 0.306 e. The van der Waals surface area contributed by atoms with E-state index in [1.54, 1.807) is 4.68 Å². The van der Waals surface area contributed by atoms with Crippen LogP contribution in [0, 0.1) is 6.92 Å². The van der Waals surface area contributed by atoms with Crippen LogP contribution >= 0.6 is 0 Å². The fourth-order valence-electron chi connectivity index (χ4n) is 2.00. The molecule has 1 aromatic heterocycles. The quantitative estimate of drug-likeness (QED) is 0.647. The van der Waals surface area contributed by atoms with Gasteiger partial charge in [-0.1, -0.05) is 34.5 Å². The van der Waals surface area contributed by atoms with Gasteiger partial charge in [0.2, 0.25) is 11.9 Å². The highest BCUT2D eigenvalue weighted by Gasteiger charge is 2.09. The van der Waals surface area contributed by atoms with E-state index in [1.165, 1.54) is 5.56 Å². The van der Waals surface area contributed by atoms with E-state index in [0.29, 0.717) is 5.39 Å². The summed E-state index contributed by atoms with van der Waals surface area (Å²) >= 11 is 0. The van der Waals surface area contributed by atoms with Crippen LogP contribution in [0.2, 0.25) is 0 Å². The molecule has 0 fully saturated rings. The third-order valence-electron chi connectivity index (χ3n) is 3.01. The van der Waals surface area contributed by atoms with Gasteiger partial charge >= 0.3 is 5.56 Å². The van der Waals surface area contributed by atoms with E-state index in [9.17, 15) is 4.79 Å². The van der Waals surface area contributed by atoms with Crippen molar-refractivity contribution in [3.05, 3.63) is 70.6 Å². The summed E-state index contributed by atoms with van der Waals surface area (Å²) in [5, 5.41) is 4.49. The van der Waals surface area contributed by atoms with Crippen molar-refractivity contribution >= 4 is 10.8 Å². The number of benzene rings is 2. The van der Waals surface area contributed by atoms with Gasteiger partial charge in [0.25, 0.3) is 0 Å². The van der Waals surface area contributed by atoms with E-state index < -0.39 is 0 Å². The van der Waals surface area contributed by atoms with Crippen LogP contribution in [0.1, 0.15) is 5.56 Å². The number of nitrogens with zero attached hydrogens (tertiary/aromatic N) is 1. The zero-order valence-electron chi connectivity index (χ0n) is 10.1. The highest BCUT2D eigenvalue weighted by molar-refractivity contribution is 5.79. The third kappa shape index (κ3) is 1.80. The maximum atomic E-state index is 12.0. The molecule has 0 amide bonds. The lowest BCUT2D eigenvalue weighted by atomic mass is 10.2. The Kier molecular flexibility index (Phi) is 2.45. The number of nitrogens with one attached hydrogen (secondary N) is 1. The molecule has 3 heteroatoms. The molecule has 0 bridgehead atoms. The van der Waals surface area contributed by atoms with Crippen LogP contribution in [0.25, 0.3) is 16.5 Å². The number of rotatable bonds is 1. The normalized spacial score (nSPS) is 10.7. The van der Waals surface area contributed by atoms with Crippen LogP contribution in [-0.4, -0.2) is 5.10 Å². The Morgan fingerprint density at radius 1 is 1.00 bits per heavy atom. The zero-order chi connectivity index (χ0) is 12.5. The van der Waals surface area contributed by atoms with E-state index >= 15 is 0 Å². The van der Waals surface area contributed by atoms with Gasteiger partial charge < -0.3 is 0 Å². The second kappa shape index (κ2) is 4.11. The Morgan fingerprint density at radius 2 is 1.72 bits per heavy atom. The van der Waals surface area contributed by atoms with Crippen molar-refractivity contribution in [3.8, 4) is 5.69 Å². The first-order valence-electron chi connectivity index (χ1n) is 5.85. The van der Waals surface area contributed by atoms with Gasteiger partial charge in [0.1, 0.15) is 0 Å². The van der Waals surface area contributed by atoms with Crippen molar-refractivity contribution in [3.63, 3.8) is 0 Å². The average molecular weight is 237 g/mol. The minimum Gasteiger partial charge on any atom is -0.264 e. The molecule has 0 aliphatic rings. The molecule has 0 aliphatic carbocycles. The second-order valence-electron chi connectivity index (χ2n) is 4.36. The summed E-state index contributed by atoms with van der Waals surface area (Å²) < 4.78 is 1.75. The summed E-state index contributed by atoms with van der Waals surface area (Å²) in [7, 11) is 0. The van der Waals surface area contributed by atoms with Crippen LogP contribution in [0.4, 0.5) is 0 Å². The summed E-state index contributed by atoms with van der Waals surface area (Å²) in [6.45, 7) is 2.04. The number of H-pyrrole nitrogens is 1.